The van der Waals surface area contributed by atoms with Crippen molar-refractivity contribution in [3.8, 4) is 10.6 Å². The Morgan fingerprint density at radius 3 is 2.70 bits per heavy atom. The Kier molecular flexibility index (Phi) is 2.98. The summed E-state index contributed by atoms with van der Waals surface area (Å²) >= 11 is 1.01. The van der Waals surface area contributed by atoms with Gasteiger partial charge in [-0.05, 0) is 18.9 Å². The van der Waals surface area contributed by atoms with Crippen molar-refractivity contribution in [1.82, 2.24) is 4.98 Å². The van der Waals surface area contributed by atoms with Crippen LogP contribution in [-0.4, -0.2) is 21.0 Å². The van der Waals surface area contributed by atoms with Gasteiger partial charge in [0, 0.05) is 12.0 Å². The first-order chi connectivity index (χ1) is 9.58. The van der Waals surface area contributed by atoms with Crippen molar-refractivity contribution in [2.45, 2.75) is 18.8 Å². The van der Waals surface area contributed by atoms with Crippen LogP contribution in [0.4, 0.5) is 5.69 Å². The zero-order valence-electron chi connectivity index (χ0n) is 10.3. The van der Waals surface area contributed by atoms with Crippen LogP contribution in [0.25, 0.3) is 10.6 Å². The molecule has 0 bridgehead atoms. The van der Waals surface area contributed by atoms with E-state index in [0.29, 0.717) is 16.3 Å². The summed E-state index contributed by atoms with van der Waals surface area (Å²) in [5.74, 6) is -0.830. The normalized spacial score (nSPS) is 14.2. The quantitative estimate of drug-likeness (QED) is 0.688. The Morgan fingerprint density at radius 1 is 1.40 bits per heavy atom. The average Bonchev–Trinajstić information content (AvgIpc) is 3.17. The fourth-order valence-electron chi connectivity index (χ4n) is 2.05. The number of carboxylic acids is 1. The van der Waals surface area contributed by atoms with Gasteiger partial charge in [-0.2, -0.15) is 0 Å². The Labute approximate surface area is 117 Å². The van der Waals surface area contributed by atoms with Gasteiger partial charge in [-0.25, -0.2) is 9.78 Å². The van der Waals surface area contributed by atoms with Crippen molar-refractivity contribution < 1.29 is 14.8 Å². The molecule has 20 heavy (non-hydrogen) atoms. The van der Waals surface area contributed by atoms with Crippen molar-refractivity contribution in [3.05, 3.63) is 45.0 Å². The molecule has 0 saturated heterocycles. The van der Waals surface area contributed by atoms with E-state index in [0.717, 1.165) is 24.2 Å². The molecular formula is C13H10N2O4S. The number of hydrogen-bond donors (Lipinski definition) is 1. The predicted molar refractivity (Wildman–Crippen MR) is 73.1 cm³/mol. The number of aromatic carboxylic acids is 1. The fourth-order valence-corrected chi connectivity index (χ4v) is 3.07. The van der Waals surface area contributed by atoms with Gasteiger partial charge in [0.05, 0.1) is 16.2 Å². The molecule has 2 aromatic rings. The number of nitro groups is 1. The highest BCUT2D eigenvalue weighted by Crippen LogP contribution is 2.45. The molecule has 1 fully saturated rings. The van der Waals surface area contributed by atoms with Crippen molar-refractivity contribution >= 4 is 23.0 Å². The van der Waals surface area contributed by atoms with Crippen molar-refractivity contribution in [1.29, 1.82) is 0 Å². The lowest BCUT2D eigenvalue weighted by molar-refractivity contribution is -0.384. The first-order valence-electron chi connectivity index (χ1n) is 6.05. The lowest BCUT2D eigenvalue weighted by atomic mass is 10.2. The number of para-hydroxylation sites is 1. The number of thiazole rings is 1. The van der Waals surface area contributed by atoms with Crippen molar-refractivity contribution in [2.75, 3.05) is 0 Å². The molecule has 7 heteroatoms. The first kappa shape index (κ1) is 12.7. The van der Waals surface area contributed by atoms with E-state index in [1.165, 1.54) is 6.07 Å². The minimum absolute atomic E-state index is 0.0551. The van der Waals surface area contributed by atoms with Gasteiger partial charge >= 0.3 is 5.97 Å². The third-order valence-corrected chi connectivity index (χ3v) is 4.24. The maximum absolute atomic E-state index is 11.3. The largest absolute Gasteiger partial charge is 0.477 e. The smallest absolute Gasteiger partial charge is 0.347 e. The number of nitrogens with zero attached hydrogens (tertiary/aromatic N) is 2. The molecule has 1 aliphatic carbocycles. The van der Waals surface area contributed by atoms with Crippen LogP contribution in [-0.2, 0) is 0 Å². The van der Waals surface area contributed by atoms with E-state index < -0.39 is 10.9 Å². The average molecular weight is 290 g/mol. The summed E-state index contributed by atoms with van der Waals surface area (Å²) in [7, 11) is 0. The molecule has 6 nitrogen and oxygen atoms in total. The minimum atomic E-state index is -1.02. The van der Waals surface area contributed by atoms with Crippen LogP contribution < -0.4 is 0 Å². The summed E-state index contributed by atoms with van der Waals surface area (Å²) in [5, 5.41) is 20.7. The second-order valence-electron chi connectivity index (χ2n) is 4.59. The molecule has 0 radical (unpaired) electrons. The van der Waals surface area contributed by atoms with Crippen LogP contribution >= 0.6 is 11.3 Å². The van der Waals surface area contributed by atoms with E-state index in [-0.39, 0.29) is 16.5 Å². The Balaban J connectivity index is 2.13. The molecule has 1 N–H and O–H groups in total. The van der Waals surface area contributed by atoms with Gasteiger partial charge in [-0.15, -0.1) is 11.3 Å². The third-order valence-electron chi connectivity index (χ3n) is 3.14. The molecule has 0 atom stereocenters. The zero-order chi connectivity index (χ0) is 14.3. The summed E-state index contributed by atoms with van der Waals surface area (Å²) in [6.45, 7) is 0. The molecule has 0 spiro atoms. The van der Waals surface area contributed by atoms with E-state index in [1.54, 1.807) is 18.2 Å². The van der Waals surface area contributed by atoms with E-state index in [4.69, 9.17) is 0 Å². The lowest BCUT2D eigenvalue weighted by Crippen LogP contribution is -1.97. The molecule has 1 aliphatic rings. The number of benzene rings is 1. The van der Waals surface area contributed by atoms with Crippen LogP contribution in [0.1, 0.15) is 34.1 Å². The number of rotatable bonds is 4. The van der Waals surface area contributed by atoms with Crippen LogP contribution in [0, 0.1) is 10.1 Å². The molecule has 1 aromatic carbocycles. The highest BCUT2D eigenvalue weighted by Gasteiger charge is 2.33. The zero-order valence-corrected chi connectivity index (χ0v) is 11.1. The summed E-state index contributed by atoms with van der Waals surface area (Å²) in [6, 6.07) is 6.25. The lowest BCUT2D eigenvalue weighted by Gasteiger charge is -1.97. The standard InChI is InChI=1S/C13H10N2O4S/c16-13(17)11-10(7-5-6-7)14-12(20-11)8-3-1-2-4-9(8)15(18)19/h1-4,7H,5-6H2,(H,16,17). The second-order valence-corrected chi connectivity index (χ2v) is 5.59. The summed E-state index contributed by atoms with van der Waals surface area (Å²) in [6.07, 6.45) is 1.86. The number of carbonyl (C=O) groups is 1. The molecular weight excluding hydrogens is 280 g/mol. The summed E-state index contributed by atoms with van der Waals surface area (Å²) in [5.41, 5.74) is 0.882. The molecule has 102 valence electrons. The molecule has 0 aliphatic heterocycles. The van der Waals surface area contributed by atoms with Crippen molar-refractivity contribution in [3.63, 3.8) is 0 Å². The van der Waals surface area contributed by atoms with E-state index in [2.05, 4.69) is 4.98 Å². The predicted octanol–water partition coefficient (Wildman–Crippen LogP) is 3.29. The van der Waals surface area contributed by atoms with E-state index >= 15 is 0 Å². The van der Waals surface area contributed by atoms with E-state index in [1.807, 2.05) is 0 Å². The van der Waals surface area contributed by atoms with Crippen LogP contribution in [0.15, 0.2) is 24.3 Å². The first-order valence-corrected chi connectivity index (χ1v) is 6.87. The topological polar surface area (TPSA) is 93.3 Å². The summed E-state index contributed by atoms with van der Waals surface area (Å²) in [4.78, 5) is 26.3. The molecule has 1 saturated carbocycles. The van der Waals surface area contributed by atoms with Gasteiger partial charge in [0.2, 0.25) is 0 Å². The summed E-state index contributed by atoms with van der Waals surface area (Å²) < 4.78 is 0. The Hall–Kier alpha value is -2.28. The van der Waals surface area contributed by atoms with Crippen LogP contribution in [0.2, 0.25) is 0 Å². The van der Waals surface area contributed by atoms with Crippen LogP contribution in [0.5, 0.6) is 0 Å². The monoisotopic (exact) mass is 290 g/mol. The van der Waals surface area contributed by atoms with Gasteiger partial charge in [0.15, 0.2) is 0 Å². The number of carboxylic acid groups (broad SMARTS) is 1. The van der Waals surface area contributed by atoms with Gasteiger partial charge in [-0.3, -0.25) is 10.1 Å². The van der Waals surface area contributed by atoms with E-state index in [9.17, 15) is 20.0 Å². The Bertz CT molecular complexity index is 706. The number of hydrogen-bond acceptors (Lipinski definition) is 5. The molecule has 1 aromatic heterocycles. The SMILES string of the molecule is O=C(O)c1sc(-c2ccccc2[N+](=O)[O-])nc1C1CC1. The molecule has 0 amide bonds. The second kappa shape index (κ2) is 4.68. The maximum atomic E-state index is 11.3. The van der Waals surface area contributed by atoms with Gasteiger partial charge in [-0.1, -0.05) is 12.1 Å². The fraction of sp³-hybridized carbons (Fsp3) is 0.231. The third kappa shape index (κ3) is 2.16. The highest BCUT2D eigenvalue weighted by atomic mass is 32.1. The maximum Gasteiger partial charge on any atom is 0.347 e. The molecule has 3 rings (SSSR count). The number of nitro benzene ring substituents is 1. The highest BCUT2D eigenvalue weighted by molar-refractivity contribution is 7.17. The minimum Gasteiger partial charge on any atom is -0.477 e. The van der Waals surface area contributed by atoms with Gasteiger partial charge in [0.1, 0.15) is 9.88 Å². The Morgan fingerprint density at radius 2 is 2.10 bits per heavy atom. The van der Waals surface area contributed by atoms with Crippen LogP contribution in [0.3, 0.4) is 0 Å². The molecule has 0 unspecified atom stereocenters. The number of aromatic nitrogens is 1. The van der Waals surface area contributed by atoms with Crippen molar-refractivity contribution in [2.24, 2.45) is 0 Å². The molecule has 1 heterocycles. The van der Waals surface area contributed by atoms with Gasteiger partial charge < -0.3 is 5.11 Å². The van der Waals surface area contributed by atoms with Gasteiger partial charge in [0.25, 0.3) is 5.69 Å².